The van der Waals surface area contributed by atoms with Gasteiger partial charge in [0.2, 0.25) is 0 Å². The molecular formula is C22H16FNO2S. The molecule has 1 N–H and O–H groups in total. The summed E-state index contributed by atoms with van der Waals surface area (Å²) in [5.41, 5.74) is 2.07. The van der Waals surface area contributed by atoms with E-state index in [-0.39, 0.29) is 18.3 Å². The van der Waals surface area contributed by atoms with Crippen LogP contribution in [0.15, 0.2) is 82.6 Å². The largest absolute Gasteiger partial charge is 0.488 e. The van der Waals surface area contributed by atoms with E-state index in [0.717, 1.165) is 16.1 Å². The van der Waals surface area contributed by atoms with Gasteiger partial charge in [-0.15, -0.1) is 0 Å². The van der Waals surface area contributed by atoms with Crippen LogP contribution in [-0.2, 0) is 11.4 Å². The first kappa shape index (κ1) is 17.4. The van der Waals surface area contributed by atoms with Gasteiger partial charge in [0.25, 0.3) is 5.91 Å². The van der Waals surface area contributed by atoms with Gasteiger partial charge in [-0.2, -0.15) is 0 Å². The average molecular weight is 377 g/mol. The number of amides is 1. The highest BCUT2D eigenvalue weighted by Crippen LogP contribution is 2.39. The summed E-state index contributed by atoms with van der Waals surface area (Å²) in [4.78, 5) is 14.0. The first-order valence-corrected chi connectivity index (χ1v) is 9.27. The maximum Gasteiger partial charge on any atom is 0.262 e. The van der Waals surface area contributed by atoms with Crippen LogP contribution in [0.3, 0.4) is 0 Å². The molecule has 1 heterocycles. The van der Waals surface area contributed by atoms with Crippen molar-refractivity contribution in [2.24, 2.45) is 0 Å². The lowest BCUT2D eigenvalue weighted by Gasteiger charge is -2.18. The maximum atomic E-state index is 13.8. The second kappa shape index (κ2) is 7.68. The van der Waals surface area contributed by atoms with Crippen molar-refractivity contribution in [1.82, 2.24) is 0 Å². The highest BCUT2D eigenvalue weighted by molar-refractivity contribution is 8.04. The van der Waals surface area contributed by atoms with Crippen molar-refractivity contribution in [3.8, 4) is 5.75 Å². The number of thioether (sulfide) groups is 1. The number of fused-ring (bicyclic) bond motifs is 1. The number of halogens is 1. The van der Waals surface area contributed by atoms with Crippen LogP contribution in [0.2, 0.25) is 0 Å². The molecule has 0 aromatic heterocycles. The van der Waals surface area contributed by atoms with Gasteiger partial charge in [0.05, 0.1) is 10.6 Å². The first-order chi connectivity index (χ1) is 13.2. The molecule has 27 heavy (non-hydrogen) atoms. The number of anilines is 1. The Morgan fingerprint density at radius 2 is 1.70 bits per heavy atom. The standard InChI is InChI=1S/C22H16FNO2S/c23-17-9-3-1-8-16(17)14-26-19-11-5-2-7-15(19)13-21-22(25)24-18-10-4-6-12-20(18)27-21/h1-13H,14H2,(H,24,25)/b21-13-. The number of hydrogen-bond donors (Lipinski definition) is 1. The smallest absolute Gasteiger partial charge is 0.262 e. The summed E-state index contributed by atoms with van der Waals surface area (Å²) < 4.78 is 19.6. The van der Waals surface area contributed by atoms with Gasteiger partial charge in [-0.3, -0.25) is 4.79 Å². The minimum atomic E-state index is -0.299. The van der Waals surface area contributed by atoms with Crippen LogP contribution < -0.4 is 10.1 Å². The lowest BCUT2D eigenvalue weighted by Crippen LogP contribution is -2.17. The first-order valence-electron chi connectivity index (χ1n) is 8.46. The van der Waals surface area contributed by atoms with E-state index in [0.29, 0.717) is 16.2 Å². The number of nitrogens with one attached hydrogen (secondary N) is 1. The van der Waals surface area contributed by atoms with Crippen LogP contribution in [0.25, 0.3) is 6.08 Å². The van der Waals surface area contributed by atoms with Gasteiger partial charge >= 0.3 is 0 Å². The molecular weight excluding hydrogens is 361 g/mol. The number of benzene rings is 3. The zero-order chi connectivity index (χ0) is 18.6. The van der Waals surface area contributed by atoms with E-state index in [1.165, 1.54) is 17.8 Å². The minimum absolute atomic E-state index is 0.120. The molecule has 3 aromatic rings. The molecule has 0 atom stereocenters. The molecule has 0 fully saturated rings. The van der Waals surface area contributed by atoms with Gasteiger partial charge in [-0.1, -0.05) is 60.3 Å². The maximum absolute atomic E-state index is 13.8. The van der Waals surface area contributed by atoms with Crippen molar-refractivity contribution >= 4 is 29.4 Å². The van der Waals surface area contributed by atoms with E-state index >= 15 is 0 Å². The Morgan fingerprint density at radius 3 is 2.59 bits per heavy atom. The zero-order valence-corrected chi connectivity index (χ0v) is 15.1. The van der Waals surface area contributed by atoms with Gasteiger partial charge in [0, 0.05) is 16.0 Å². The fourth-order valence-electron chi connectivity index (χ4n) is 2.75. The van der Waals surface area contributed by atoms with Crippen LogP contribution >= 0.6 is 11.8 Å². The molecule has 0 radical (unpaired) electrons. The Kier molecular flexibility index (Phi) is 4.94. The van der Waals surface area contributed by atoms with E-state index in [9.17, 15) is 9.18 Å². The summed E-state index contributed by atoms with van der Waals surface area (Å²) in [6.45, 7) is 0.120. The van der Waals surface area contributed by atoms with Gasteiger partial charge in [-0.05, 0) is 30.3 Å². The minimum Gasteiger partial charge on any atom is -0.488 e. The molecule has 134 valence electrons. The Balaban J connectivity index is 1.59. The predicted octanol–water partition coefficient (Wildman–Crippen LogP) is 5.49. The highest BCUT2D eigenvalue weighted by atomic mass is 32.2. The average Bonchev–Trinajstić information content (AvgIpc) is 2.69. The van der Waals surface area contributed by atoms with E-state index in [2.05, 4.69) is 5.32 Å². The highest BCUT2D eigenvalue weighted by Gasteiger charge is 2.21. The molecule has 3 aromatic carbocycles. The molecule has 4 rings (SSSR count). The lowest BCUT2D eigenvalue weighted by atomic mass is 10.1. The third kappa shape index (κ3) is 3.88. The predicted molar refractivity (Wildman–Crippen MR) is 106 cm³/mol. The molecule has 0 spiro atoms. The fourth-order valence-corrected chi connectivity index (χ4v) is 3.69. The summed E-state index contributed by atoms with van der Waals surface area (Å²) in [7, 11) is 0. The summed E-state index contributed by atoms with van der Waals surface area (Å²) >= 11 is 1.42. The summed E-state index contributed by atoms with van der Waals surface area (Å²) in [6, 6.07) is 21.6. The van der Waals surface area contributed by atoms with Crippen LogP contribution in [0.1, 0.15) is 11.1 Å². The van der Waals surface area contributed by atoms with Crippen molar-refractivity contribution in [3.63, 3.8) is 0 Å². The molecule has 1 aliphatic heterocycles. The third-order valence-electron chi connectivity index (χ3n) is 4.13. The summed E-state index contributed by atoms with van der Waals surface area (Å²) in [5, 5.41) is 2.90. The molecule has 1 amide bonds. The Bertz CT molecular complexity index is 1030. The third-order valence-corrected chi connectivity index (χ3v) is 5.22. The van der Waals surface area contributed by atoms with Crippen molar-refractivity contribution in [1.29, 1.82) is 0 Å². The Hall–Kier alpha value is -3.05. The molecule has 1 aliphatic rings. The number of carbonyl (C=O) groups is 1. The second-order valence-corrected chi connectivity index (χ2v) is 7.06. The zero-order valence-electron chi connectivity index (χ0n) is 14.3. The van der Waals surface area contributed by atoms with Crippen molar-refractivity contribution in [2.45, 2.75) is 11.5 Å². The van der Waals surface area contributed by atoms with E-state index in [1.807, 2.05) is 48.5 Å². The Labute approximate surface area is 160 Å². The van der Waals surface area contributed by atoms with Crippen LogP contribution in [0, 0.1) is 5.82 Å². The summed E-state index contributed by atoms with van der Waals surface area (Å²) in [6.07, 6.45) is 1.80. The normalized spacial score (nSPS) is 14.6. The van der Waals surface area contributed by atoms with Crippen LogP contribution in [0.5, 0.6) is 5.75 Å². The Morgan fingerprint density at radius 1 is 0.963 bits per heavy atom. The number of ether oxygens (including phenoxy) is 1. The van der Waals surface area contributed by atoms with Gasteiger partial charge < -0.3 is 10.1 Å². The second-order valence-electron chi connectivity index (χ2n) is 5.98. The molecule has 0 unspecified atom stereocenters. The van der Waals surface area contributed by atoms with Crippen LogP contribution in [-0.4, -0.2) is 5.91 Å². The van der Waals surface area contributed by atoms with Crippen molar-refractivity contribution in [3.05, 3.63) is 94.6 Å². The molecule has 5 heteroatoms. The fraction of sp³-hybridized carbons (Fsp3) is 0.0455. The topological polar surface area (TPSA) is 38.3 Å². The van der Waals surface area contributed by atoms with E-state index < -0.39 is 0 Å². The molecule has 3 nitrogen and oxygen atoms in total. The molecule has 0 bridgehead atoms. The summed E-state index contributed by atoms with van der Waals surface area (Å²) in [5.74, 6) is 0.148. The number of rotatable bonds is 4. The quantitative estimate of drug-likeness (QED) is 0.611. The van der Waals surface area contributed by atoms with E-state index in [1.54, 1.807) is 24.3 Å². The van der Waals surface area contributed by atoms with Gasteiger partial charge in [0.1, 0.15) is 18.2 Å². The van der Waals surface area contributed by atoms with Crippen molar-refractivity contribution in [2.75, 3.05) is 5.32 Å². The monoisotopic (exact) mass is 377 g/mol. The number of para-hydroxylation sites is 2. The van der Waals surface area contributed by atoms with E-state index in [4.69, 9.17) is 4.74 Å². The van der Waals surface area contributed by atoms with Crippen molar-refractivity contribution < 1.29 is 13.9 Å². The van der Waals surface area contributed by atoms with Gasteiger partial charge in [0.15, 0.2) is 0 Å². The number of hydrogen-bond acceptors (Lipinski definition) is 3. The molecule has 0 aliphatic carbocycles. The lowest BCUT2D eigenvalue weighted by molar-refractivity contribution is -0.112. The SMILES string of the molecule is O=C1Nc2ccccc2S/C1=C\c1ccccc1OCc1ccccc1F. The number of carbonyl (C=O) groups excluding carboxylic acids is 1. The van der Waals surface area contributed by atoms with Crippen LogP contribution in [0.4, 0.5) is 10.1 Å². The molecule has 0 saturated carbocycles. The van der Waals surface area contributed by atoms with Gasteiger partial charge in [-0.25, -0.2) is 4.39 Å². The molecule has 0 saturated heterocycles.